The van der Waals surface area contributed by atoms with Gasteiger partial charge in [0.05, 0.1) is 0 Å². The van der Waals surface area contributed by atoms with E-state index in [0.717, 1.165) is 49.4 Å². The van der Waals surface area contributed by atoms with E-state index < -0.39 is 0 Å². The molecule has 0 fully saturated rings. The summed E-state index contributed by atoms with van der Waals surface area (Å²) in [7, 11) is 1.97. The SMILES string of the molecule is CSCCCNC(=NCc1nnc(C)n1C)NCCN(C(C)C)C(C)C. The van der Waals surface area contributed by atoms with Crippen molar-refractivity contribution < 1.29 is 0 Å². The summed E-state index contributed by atoms with van der Waals surface area (Å²) < 4.78 is 1.98. The Labute approximate surface area is 163 Å². The highest BCUT2D eigenvalue weighted by molar-refractivity contribution is 7.98. The third-order valence-electron chi connectivity index (χ3n) is 4.37. The van der Waals surface area contributed by atoms with Crippen LogP contribution in [0.2, 0.25) is 0 Å². The molecule has 26 heavy (non-hydrogen) atoms. The molecule has 2 N–H and O–H groups in total. The highest BCUT2D eigenvalue weighted by Crippen LogP contribution is 2.03. The minimum atomic E-state index is 0.521. The maximum atomic E-state index is 4.70. The van der Waals surface area contributed by atoms with Gasteiger partial charge in [0.2, 0.25) is 0 Å². The fourth-order valence-corrected chi connectivity index (χ4v) is 3.19. The summed E-state index contributed by atoms with van der Waals surface area (Å²) >= 11 is 1.87. The van der Waals surface area contributed by atoms with Crippen molar-refractivity contribution in [2.24, 2.45) is 12.0 Å². The molecule has 0 amide bonds. The van der Waals surface area contributed by atoms with Gasteiger partial charge < -0.3 is 15.2 Å². The minimum Gasteiger partial charge on any atom is -0.356 e. The first kappa shape index (κ1) is 22.8. The number of hydrogen-bond acceptors (Lipinski definition) is 5. The Morgan fingerprint density at radius 2 is 1.81 bits per heavy atom. The van der Waals surface area contributed by atoms with Gasteiger partial charge in [0, 0.05) is 38.8 Å². The highest BCUT2D eigenvalue weighted by Gasteiger charge is 2.13. The third kappa shape index (κ3) is 7.95. The van der Waals surface area contributed by atoms with Gasteiger partial charge in [0.1, 0.15) is 12.4 Å². The monoisotopic (exact) mass is 383 g/mol. The Morgan fingerprint density at radius 1 is 1.15 bits per heavy atom. The van der Waals surface area contributed by atoms with Crippen LogP contribution in [0.5, 0.6) is 0 Å². The summed E-state index contributed by atoms with van der Waals surface area (Å²) in [5, 5.41) is 15.2. The molecule has 150 valence electrons. The number of aryl methyl sites for hydroxylation is 1. The first-order chi connectivity index (χ1) is 12.4. The number of thioether (sulfide) groups is 1. The fraction of sp³-hybridized carbons (Fsp3) is 0.833. The van der Waals surface area contributed by atoms with Gasteiger partial charge in [-0.1, -0.05) is 0 Å². The predicted molar refractivity (Wildman–Crippen MR) is 113 cm³/mol. The first-order valence-corrected chi connectivity index (χ1v) is 10.9. The van der Waals surface area contributed by atoms with E-state index in [2.05, 4.69) is 59.7 Å². The van der Waals surface area contributed by atoms with E-state index in [1.807, 2.05) is 30.3 Å². The lowest BCUT2D eigenvalue weighted by Crippen LogP contribution is -2.45. The molecule has 1 heterocycles. The Hall–Kier alpha value is -1.28. The van der Waals surface area contributed by atoms with Crippen LogP contribution in [0.1, 0.15) is 45.8 Å². The van der Waals surface area contributed by atoms with Crippen LogP contribution in [-0.2, 0) is 13.6 Å². The standard InChI is InChI=1S/C18H37N7S/c1-14(2)25(15(3)4)11-10-20-18(19-9-8-12-26-7)21-13-17-23-22-16(5)24(17)6/h14-15H,8-13H2,1-7H3,(H2,19,20,21). The van der Waals surface area contributed by atoms with E-state index in [-0.39, 0.29) is 0 Å². The van der Waals surface area contributed by atoms with Crippen LogP contribution < -0.4 is 10.6 Å². The molecule has 8 heteroatoms. The third-order valence-corrected chi connectivity index (χ3v) is 5.06. The lowest BCUT2D eigenvalue weighted by Gasteiger charge is -2.30. The Bertz CT molecular complexity index is 532. The molecule has 1 rings (SSSR count). The smallest absolute Gasteiger partial charge is 0.191 e. The summed E-state index contributed by atoms with van der Waals surface area (Å²) in [4.78, 5) is 7.17. The molecule has 0 atom stereocenters. The fourth-order valence-electron chi connectivity index (χ4n) is 2.75. The van der Waals surface area contributed by atoms with Gasteiger partial charge >= 0.3 is 0 Å². The normalized spacial score (nSPS) is 12.5. The van der Waals surface area contributed by atoms with Crippen LogP contribution in [0.15, 0.2) is 4.99 Å². The van der Waals surface area contributed by atoms with Gasteiger partial charge in [0.15, 0.2) is 11.8 Å². The predicted octanol–water partition coefficient (Wildman–Crippen LogP) is 2.03. The van der Waals surface area contributed by atoms with Crippen molar-refractivity contribution in [2.75, 3.05) is 31.6 Å². The molecule has 0 saturated heterocycles. The second-order valence-electron chi connectivity index (χ2n) is 7.01. The lowest BCUT2D eigenvalue weighted by molar-refractivity contribution is 0.178. The molecular weight excluding hydrogens is 346 g/mol. The number of nitrogens with zero attached hydrogens (tertiary/aromatic N) is 5. The van der Waals surface area contributed by atoms with E-state index in [4.69, 9.17) is 4.99 Å². The van der Waals surface area contributed by atoms with Gasteiger partial charge in [-0.3, -0.25) is 4.90 Å². The van der Waals surface area contributed by atoms with Crippen molar-refractivity contribution in [3.8, 4) is 0 Å². The van der Waals surface area contributed by atoms with Gasteiger partial charge in [-0.15, -0.1) is 10.2 Å². The van der Waals surface area contributed by atoms with Crippen LogP contribution in [0.4, 0.5) is 0 Å². The van der Waals surface area contributed by atoms with Crippen molar-refractivity contribution >= 4 is 17.7 Å². The summed E-state index contributed by atoms with van der Waals surface area (Å²) in [6.45, 7) is 14.2. The van der Waals surface area contributed by atoms with Crippen LogP contribution >= 0.6 is 11.8 Å². The number of guanidine groups is 1. The number of hydrogen-bond donors (Lipinski definition) is 2. The van der Waals surface area contributed by atoms with Crippen LogP contribution in [0.25, 0.3) is 0 Å². The number of rotatable bonds is 11. The Morgan fingerprint density at radius 3 is 2.35 bits per heavy atom. The second-order valence-corrected chi connectivity index (χ2v) is 8.00. The van der Waals surface area contributed by atoms with Gasteiger partial charge in [-0.25, -0.2) is 4.99 Å². The van der Waals surface area contributed by atoms with Crippen molar-refractivity contribution in [3.05, 3.63) is 11.6 Å². The molecule has 0 spiro atoms. The van der Waals surface area contributed by atoms with Crippen LogP contribution in [0.3, 0.4) is 0 Å². The largest absolute Gasteiger partial charge is 0.356 e. The summed E-state index contributed by atoms with van der Waals surface area (Å²) in [6.07, 6.45) is 3.26. The molecule has 0 saturated carbocycles. The molecule has 7 nitrogen and oxygen atoms in total. The van der Waals surface area contributed by atoms with Gasteiger partial charge in [0.25, 0.3) is 0 Å². The topological polar surface area (TPSA) is 70.4 Å². The second kappa shape index (κ2) is 12.2. The summed E-state index contributed by atoms with van der Waals surface area (Å²) in [5.41, 5.74) is 0. The number of aromatic nitrogens is 3. The van der Waals surface area contributed by atoms with E-state index in [0.29, 0.717) is 18.6 Å². The van der Waals surface area contributed by atoms with Crippen LogP contribution in [0, 0.1) is 6.92 Å². The minimum absolute atomic E-state index is 0.521. The van der Waals surface area contributed by atoms with E-state index in [1.165, 1.54) is 0 Å². The van der Waals surface area contributed by atoms with Gasteiger partial charge in [-0.2, -0.15) is 11.8 Å². The molecule has 0 radical (unpaired) electrons. The van der Waals surface area contributed by atoms with Crippen molar-refractivity contribution in [1.29, 1.82) is 0 Å². The molecule has 1 aromatic rings. The van der Waals surface area contributed by atoms with E-state index >= 15 is 0 Å². The lowest BCUT2D eigenvalue weighted by atomic mass is 10.2. The van der Waals surface area contributed by atoms with Crippen molar-refractivity contribution in [1.82, 2.24) is 30.3 Å². The summed E-state index contributed by atoms with van der Waals surface area (Å²) in [5.74, 6) is 3.78. The average molecular weight is 384 g/mol. The van der Waals surface area contributed by atoms with Crippen molar-refractivity contribution in [3.63, 3.8) is 0 Å². The molecule has 0 aliphatic heterocycles. The molecule has 0 bridgehead atoms. The quantitative estimate of drug-likeness (QED) is 0.346. The van der Waals surface area contributed by atoms with Crippen LogP contribution in [-0.4, -0.2) is 69.4 Å². The summed E-state index contributed by atoms with van der Waals surface area (Å²) in [6, 6.07) is 1.07. The molecule has 0 aromatic carbocycles. The molecule has 1 aromatic heterocycles. The Balaban J connectivity index is 2.62. The average Bonchev–Trinajstić information content (AvgIpc) is 2.90. The zero-order valence-corrected chi connectivity index (χ0v) is 18.4. The highest BCUT2D eigenvalue weighted by atomic mass is 32.2. The maximum absolute atomic E-state index is 4.70. The zero-order chi connectivity index (χ0) is 19.5. The molecule has 0 aliphatic rings. The Kier molecular flexibility index (Phi) is 10.7. The van der Waals surface area contributed by atoms with Gasteiger partial charge in [-0.05, 0) is 53.0 Å². The maximum Gasteiger partial charge on any atom is 0.191 e. The molecule has 0 unspecified atom stereocenters. The first-order valence-electron chi connectivity index (χ1n) is 9.48. The number of aliphatic imine (C=N–C) groups is 1. The molecule has 0 aliphatic carbocycles. The molecular formula is C18H37N7S. The number of nitrogens with one attached hydrogen (secondary N) is 2. The van der Waals surface area contributed by atoms with E-state index in [9.17, 15) is 0 Å². The van der Waals surface area contributed by atoms with E-state index in [1.54, 1.807) is 0 Å². The zero-order valence-electron chi connectivity index (χ0n) is 17.5. The van der Waals surface area contributed by atoms with Crippen molar-refractivity contribution in [2.45, 2.75) is 59.7 Å².